The van der Waals surface area contributed by atoms with Gasteiger partial charge in [-0.25, -0.2) is 0 Å². The third-order valence-electron chi connectivity index (χ3n) is 8.93. The molecule has 222 valence electrons. The number of aliphatic hydroxyl groups excluding tert-OH is 1. The number of thioether (sulfide) groups is 1. The average molecular weight is 591 g/mol. The van der Waals surface area contributed by atoms with Gasteiger partial charge in [0.2, 0.25) is 5.91 Å². The van der Waals surface area contributed by atoms with Gasteiger partial charge in [-0.3, -0.25) is 14.4 Å². The van der Waals surface area contributed by atoms with E-state index in [4.69, 9.17) is 9.47 Å². The quantitative estimate of drug-likeness (QED) is 0.295. The topological polar surface area (TPSA) is 96.4 Å². The molecule has 0 aromatic heterocycles. The van der Waals surface area contributed by atoms with Gasteiger partial charge in [0.15, 0.2) is 0 Å². The Bertz CT molecular complexity index is 1350. The van der Waals surface area contributed by atoms with Crippen LogP contribution in [0.15, 0.2) is 79.9 Å². The fourth-order valence-electron chi connectivity index (χ4n) is 7.12. The summed E-state index contributed by atoms with van der Waals surface area (Å²) in [6.45, 7) is 9.48. The minimum absolute atomic E-state index is 0.0495. The van der Waals surface area contributed by atoms with Crippen LogP contribution < -0.4 is 9.64 Å². The van der Waals surface area contributed by atoms with Crippen molar-refractivity contribution in [3.63, 3.8) is 0 Å². The molecule has 3 aliphatic heterocycles. The number of anilines is 1. The molecule has 6 atom stereocenters. The number of fused-ring (bicyclic) bond motifs is 1. The summed E-state index contributed by atoms with van der Waals surface area (Å²) in [4.78, 5) is 46.1. The monoisotopic (exact) mass is 590 g/mol. The second kappa shape index (κ2) is 12.0. The Balaban J connectivity index is 1.61. The Morgan fingerprint density at radius 2 is 1.86 bits per heavy atom. The number of carbonyl (C=O) groups excluding carboxylic acids is 3. The molecule has 1 N–H and O–H groups in total. The van der Waals surface area contributed by atoms with Crippen molar-refractivity contribution in [3.05, 3.63) is 85.5 Å². The van der Waals surface area contributed by atoms with Gasteiger partial charge >= 0.3 is 5.97 Å². The fraction of sp³-hybridized carbons (Fsp3) is 0.424. The second-order valence-corrected chi connectivity index (χ2v) is 13.3. The number of carbonyl (C=O) groups is 3. The summed E-state index contributed by atoms with van der Waals surface area (Å²) < 4.78 is 9.43. The summed E-state index contributed by atoms with van der Waals surface area (Å²) in [5, 5.41) is 10.7. The van der Waals surface area contributed by atoms with Crippen LogP contribution in [0.2, 0.25) is 0 Å². The second-order valence-electron chi connectivity index (χ2n) is 11.4. The van der Waals surface area contributed by atoms with Gasteiger partial charge in [0.1, 0.15) is 18.4 Å². The Hall–Kier alpha value is -3.56. The van der Waals surface area contributed by atoms with E-state index in [0.29, 0.717) is 30.7 Å². The van der Waals surface area contributed by atoms with Crippen molar-refractivity contribution in [2.75, 3.05) is 31.8 Å². The van der Waals surface area contributed by atoms with E-state index >= 15 is 0 Å². The molecule has 2 bridgehead atoms. The SMILES string of the molecule is C=CCOC(=O)[C@@H]1[C@H]2C(=O)N([C@@H](CO)Cc3ccccc3)C(C(=O)N(CC=C)c3ccc(OC)cc3)C23CC[C@@]1(C)S3. The van der Waals surface area contributed by atoms with Crippen molar-refractivity contribution in [1.82, 2.24) is 4.90 Å². The number of aliphatic hydroxyl groups is 1. The molecule has 3 saturated heterocycles. The van der Waals surface area contributed by atoms with Crippen molar-refractivity contribution in [2.45, 2.75) is 47.8 Å². The zero-order valence-electron chi connectivity index (χ0n) is 24.1. The van der Waals surface area contributed by atoms with E-state index in [2.05, 4.69) is 13.2 Å². The van der Waals surface area contributed by atoms with Crippen molar-refractivity contribution < 1.29 is 29.0 Å². The Morgan fingerprint density at radius 3 is 2.48 bits per heavy atom. The zero-order valence-corrected chi connectivity index (χ0v) is 24.9. The minimum Gasteiger partial charge on any atom is -0.497 e. The molecule has 2 aromatic carbocycles. The number of hydrogen-bond donors (Lipinski definition) is 1. The maximum Gasteiger partial charge on any atom is 0.311 e. The lowest BCUT2D eigenvalue weighted by Gasteiger charge is -2.39. The molecule has 8 nitrogen and oxygen atoms in total. The van der Waals surface area contributed by atoms with Gasteiger partial charge < -0.3 is 24.4 Å². The van der Waals surface area contributed by atoms with Crippen molar-refractivity contribution in [2.24, 2.45) is 11.8 Å². The molecule has 2 unspecified atom stereocenters. The number of likely N-dealkylation sites (tertiary alicyclic amines) is 1. The van der Waals surface area contributed by atoms with E-state index in [1.54, 1.807) is 59.0 Å². The molecule has 0 radical (unpaired) electrons. The highest BCUT2D eigenvalue weighted by Crippen LogP contribution is 2.71. The van der Waals surface area contributed by atoms with Gasteiger partial charge in [-0.2, -0.15) is 0 Å². The Labute approximate surface area is 251 Å². The van der Waals surface area contributed by atoms with E-state index in [9.17, 15) is 19.5 Å². The van der Waals surface area contributed by atoms with Crippen LogP contribution in [0.25, 0.3) is 0 Å². The Kier molecular flexibility index (Phi) is 8.53. The predicted molar refractivity (Wildman–Crippen MR) is 163 cm³/mol. The molecule has 0 aliphatic carbocycles. The van der Waals surface area contributed by atoms with Crippen molar-refractivity contribution in [3.8, 4) is 5.75 Å². The molecule has 5 rings (SSSR count). The molecule has 0 saturated carbocycles. The number of esters is 1. The highest BCUT2D eigenvalue weighted by molar-refractivity contribution is 8.02. The lowest BCUT2D eigenvalue weighted by molar-refractivity contribution is -0.155. The van der Waals surface area contributed by atoms with E-state index in [1.165, 1.54) is 6.08 Å². The lowest BCUT2D eigenvalue weighted by atomic mass is 9.66. The molecule has 1 spiro atoms. The highest BCUT2D eigenvalue weighted by atomic mass is 32.2. The fourth-order valence-corrected chi connectivity index (χ4v) is 9.45. The number of ether oxygens (including phenoxy) is 2. The number of rotatable bonds is 12. The first-order valence-electron chi connectivity index (χ1n) is 14.3. The van der Waals surface area contributed by atoms with Crippen molar-refractivity contribution >= 4 is 35.2 Å². The molecular weight excluding hydrogens is 552 g/mol. The number of methoxy groups -OCH3 is 1. The number of hydrogen-bond acceptors (Lipinski definition) is 7. The average Bonchev–Trinajstić information content (AvgIpc) is 3.58. The summed E-state index contributed by atoms with van der Waals surface area (Å²) in [5.74, 6) is -1.80. The maximum atomic E-state index is 14.8. The summed E-state index contributed by atoms with van der Waals surface area (Å²) in [7, 11) is 1.58. The van der Waals surface area contributed by atoms with Gasteiger partial charge in [-0.1, -0.05) is 49.1 Å². The van der Waals surface area contributed by atoms with E-state index < -0.39 is 39.4 Å². The van der Waals surface area contributed by atoms with Crippen LogP contribution in [-0.2, 0) is 25.5 Å². The number of benzene rings is 2. The largest absolute Gasteiger partial charge is 0.497 e. The molecule has 2 amide bonds. The predicted octanol–water partition coefficient (Wildman–Crippen LogP) is 4.03. The van der Waals surface area contributed by atoms with E-state index in [1.807, 2.05) is 37.3 Å². The van der Waals surface area contributed by atoms with Crippen LogP contribution in [-0.4, -0.2) is 76.2 Å². The van der Waals surface area contributed by atoms with Gasteiger partial charge in [0, 0.05) is 17.0 Å². The first-order chi connectivity index (χ1) is 20.2. The normalized spacial score (nSPS) is 28.2. The third kappa shape index (κ3) is 4.92. The van der Waals surface area contributed by atoms with Crippen LogP contribution in [0.4, 0.5) is 5.69 Å². The summed E-state index contributed by atoms with van der Waals surface area (Å²) >= 11 is 1.57. The highest BCUT2D eigenvalue weighted by Gasteiger charge is 2.78. The molecule has 3 fully saturated rings. The van der Waals surface area contributed by atoms with E-state index in [0.717, 1.165) is 5.56 Å². The Morgan fingerprint density at radius 1 is 1.14 bits per heavy atom. The third-order valence-corrected chi connectivity index (χ3v) is 10.9. The van der Waals surface area contributed by atoms with Gasteiger partial charge in [0.25, 0.3) is 5.91 Å². The molecule has 2 aromatic rings. The molecule has 9 heteroatoms. The van der Waals surface area contributed by atoms with Crippen LogP contribution in [0.5, 0.6) is 5.75 Å². The summed E-state index contributed by atoms with van der Waals surface area (Å²) in [6.07, 6.45) is 4.79. The standard InChI is InChI=1S/C33H38N2O6S/c1-5-18-34(23-12-14-25(40-4)15-13-23)30(38)28-33-17-16-32(3,42-33)27(31(39)41-19-6-2)26(33)29(37)35(28)24(21-36)20-22-10-8-7-9-11-22/h5-15,24,26-28,36H,1-2,16-21H2,3-4H3/t24-,26+,27+,28?,32-,33?/m1/s1. The van der Waals surface area contributed by atoms with Crippen LogP contribution in [0.1, 0.15) is 25.3 Å². The van der Waals surface area contributed by atoms with Gasteiger partial charge in [-0.15, -0.1) is 18.3 Å². The smallest absolute Gasteiger partial charge is 0.311 e. The van der Waals surface area contributed by atoms with Crippen LogP contribution in [0, 0.1) is 11.8 Å². The number of amides is 2. The molecular formula is C33H38N2O6S. The summed E-state index contributed by atoms with van der Waals surface area (Å²) in [5.41, 5.74) is 1.58. The molecule has 42 heavy (non-hydrogen) atoms. The lowest BCUT2D eigenvalue weighted by Crippen LogP contribution is -2.58. The summed E-state index contributed by atoms with van der Waals surface area (Å²) in [6, 6.07) is 15.2. The molecule has 3 aliphatic rings. The first kappa shape index (κ1) is 29.9. The number of nitrogens with zero attached hydrogens (tertiary/aromatic N) is 2. The van der Waals surface area contributed by atoms with Crippen LogP contribution in [0.3, 0.4) is 0 Å². The van der Waals surface area contributed by atoms with Crippen molar-refractivity contribution in [1.29, 1.82) is 0 Å². The maximum absolute atomic E-state index is 14.8. The minimum atomic E-state index is -0.901. The van der Waals surface area contributed by atoms with E-state index in [-0.39, 0.29) is 31.6 Å². The van der Waals surface area contributed by atoms with Gasteiger partial charge in [0.05, 0.1) is 36.3 Å². The first-order valence-corrected chi connectivity index (χ1v) is 15.1. The molecule has 3 heterocycles. The van der Waals surface area contributed by atoms with Gasteiger partial charge in [-0.05, 0) is 56.0 Å². The van der Waals surface area contributed by atoms with Crippen LogP contribution >= 0.6 is 11.8 Å². The zero-order chi connectivity index (χ0) is 30.1.